The van der Waals surface area contributed by atoms with E-state index in [0.29, 0.717) is 17.0 Å². The molecule has 1 heterocycles. The van der Waals surface area contributed by atoms with Crippen molar-refractivity contribution in [3.63, 3.8) is 0 Å². The highest BCUT2D eigenvalue weighted by Gasteiger charge is 2.49. The second kappa shape index (κ2) is 6.88. The van der Waals surface area contributed by atoms with Crippen LogP contribution < -0.4 is 0 Å². The van der Waals surface area contributed by atoms with Crippen LogP contribution in [0.1, 0.15) is 49.9 Å². The number of carbonyl (C=O) groups excluding carboxylic acids is 2. The minimum absolute atomic E-state index is 0.0973. The van der Waals surface area contributed by atoms with Gasteiger partial charge in [0.05, 0.1) is 12.2 Å². The third-order valence-electron chi connectivity index (χ3n) is 4.36. The van der Waals surface area contributed by atoms with Gasteiger partial charge in [0.15, 0.2) is 5.76 Å². The van der Waals surface area contributed by atoms with Crippen LogP contribution in [0.25, 0.3) is 5.57 Å². The van der Waals surface area contributed by atoms with Gasteiger partial charge in [-0.25, -0.2) is 9.86 Å². The highest BCUT2D eigenvalue weighted by atomic mass is 16.7. The number of hydroxylamine groups is 2. The Morgan fingerprint density at radius 2 is 1.88 bits per heavy atom. The van der Waals surface area contributed by atoms with Crippen molar-refractivity contribution in [2.45, 2.75) is 53.5 Å². The fourth-order valence-corrected chi connectivity index (χ4v) is 3.18. The molecule has 0 radical (unpaired) electrons. The lowest BCUT2D eigenvalue weighted by atomic mass is 9.90. The number of ether oxygens (including phenoxy) is 2. The molecule has 25 heavy (non-hydrogen) atoms. The molecule has 0 atom stereocenters. The first-order valence-corrected chi connectivity index (χ1v) is 8.38. The van der Waals surface area contributed by atoms with E-state index in [1.54, 1.807) is 20.8 Å². The van der Waals surface area contributed by atoms with Crippen LogP contribution >= 0.6 is 0 Å². The highest BCUT2D eigenvalue weighted by Crippen LogP contribution is 2.42. The van der Waals surface area contributed by atoms with Gasteiger partial charge in [0.1, 0.15) is 5.54 Å². The zero-order chi connectivity index (χ0) is 18.9. The summed E-state index contributed by atoms with van der Waals surface area (Å²) in [5.74, 6) is -0.494. The minimum Gasteiger partial charge on any atom is -0.434 e. The molecule has 0 aliphatic carbocycles. The molecule has 2 rings (SSSR count). The first kappa shape index (κ1) is 19.0. The van der Waals surface area contributed by atoms with Gasteiger partial charge in [0.25, 0.3) is 5.91 Å². The van der Waals surface area contributed by atoms with Crippen molar-refractivity contribution in [1.82, 2.24) is 5.06 Å². The van der Waals surface area contributed by atoms with E-state index >= 15 is 0 Å². The first-order chi connectivity index (χ1) is 11.6. The Morgan fingerprint density at radius 1 is 1.24 bits per heavy atom. The van der Waals surface area contributed by atoms with Crippen molar-refractivity contribution >= 4 is 17.6 Å². The van der Waals surface area contributed by atoms with Crippen LogP contribution in [-0.2, 0) is 20.7 Å². The second-order valence-electron chi connectivity index (χ2n) is 6.63. The Bertz CT molecular complexity index is 748. The van der Waals surface area contributed by atoms with Crippen LogP contribution in [-0.4, -0.2) is 34.5 Å². The van der Waals surface area contributed by atoms with Gasteiger partial charge in [0, 0.05) is 0 Å². The van der Waals surface area contributed by atoms with Gasteiger partial charge in [-0.2, -0.15) is 0 Å². The van der Waals surface area contributed by atoms with E-state index in [0.717, 1.165) is 16.7 Å². The molecule has 1 amide bonds. The molecule has 1 aromatic rings. The minimum atomic E-state index is -1.18. The van der Waals surface area contributed by atoms with Crippen LogP contribution in [0, 0.1) is 13.8 Å². The predicted molar refractivity (Wildman–Crippen MR) is 93.0 cm³/mol. The normalized spacial score (nSPS) is 16.4. The quantitative estimate of drug-likeness (QED) is 0.663. The maximum atomic E-state index is 12.8. The molecular weight excluding hydrogens is 322 g/mol. The fourth-order valence-electron chi connectivity index (χ4n) is 3.18. The van der Waals surface area contributed by atoms with E-state index in [1.807, 2.05) is 32.9 Å². The van der Waals surface area contributed by atoms with E-state index < -0.39 is 17.6 Å². The van der Waals surface area contributed by atoms with Crippen LogP contribution in [0.4, 0.5) is 4.79 Å². The van der Waals surface area contributed by atoms with Crippen LogP contribution in [0.3, 0.4) is 0 Å². The van der Waals surface area contributed by atoms with Crippen molar-refractivity contribution in [3.8, 4) is 0 Å². The number of amides is 1. The summed E-state index contributed by atoms with van der Waals surface area (Å²) in [6, 6.07) is 3.96. The Kier molecular flexibility index (Phi) is 5.23. The molecule has 6 nitrogen and oxygen atoms in total. The molecule has 0 saturated carbocycles. The van der Waals surface area contributed by atoms with Gasteiger partial charge in [-0.3, -0.25) is 10.0 Å². The smallest absolute Gasteiger partial charge is 0.434 e. The highest BCUT2D eigenvalue weighted by molar-refractivity contribution is 6.23. The lowest BCUT2D eigenvalue weighted by molar-refractivity contribution is -0.175. The van der Waals surface area contributed by atoms with Crippen LogP contribution in [0.5, 0.6) is 0 Å². The SMILES string of the molecule is CCOC(=O)OC1=C(c2c(C)cc(C)cc2CC)C(=O)N(O)C1(C)C. The van der Waals surface area contributed by atoms with Crippen LogP contribution in [0.15, 0.2) is 17.9 Å². The number of aryl methyl sites for hydroxylation is 3. The number of rotatable bonds is 4. The second-order valence-corrected chi connectivity index (χ2v) is 6.63. The number of hydrogen-bond acceptors (Lipinski definition) is 5. The van der Waals surface area contributed by atoms with Crippen molar-refractivity contribution < 1.29 is 24.3 Å². The lowest BCUT2D eigenvalue weighted by Gasteiger charge is -2.27. The predicted octanol–water partition coefficient (Wildman–Crippen LogP) is 3.76. The van der Waals surface area contributed by atoms with Crippen molar-refractivity contribution in [1.29, 1.82) is 0 Å². The molecular formula is C19H25NO5. The van der Waals surface area contributed by atoms with Crippen molar-refractivity contribution in [2.75, 3.05) is 6.61 Å². The van der Waals surface area contributed by atoms with E-state index in [2.05, 4.69) is 0 Å². The number of benzene rings is 1. The van der Waals surface area contributed by atoms with Crippen molar-refractivity contribution in [3.05, 3.63) is 40.1 Å². The summed E-state index contributed by atoms with van der Waals surface area (Å²) in [7, 11) is 0. The topological polar surface area (TPSA) is 76.1 Å². The molecule has 0 fully saturated rings. The summed E-state index contributed by atoms with van der Waals surface area (Å²) in [6.07, 6.45) is -0.193. The molecule has 0 spiro atoms. The van der Waals surface area contributed by atoms with Gasteiger partial charge in [-0.15, -0.1) is 0 Å². The average Bonchev–Trinajstić information content (AvgIpc) is 2.68. The number of hydrogen-bond donors (Lipinski definition) is 1. The van der Waals surface area contributed by atoms with Gasteiger partial charge in [-0.1, -0.05) is 24.6 Å². The summed E-state index contributed by atoms with van der Waals surface area (Å²) in [6.45, 7) is 10.9. The maximum Gasteiger partial charge on any atom is 0.513 e. The summed E-state index contributed by atoms with van der Waals surface area (Å²) in [5, 5.41) is 10.9. The Balaban J connectivity index is 2.72. The zero-order valence-corrected chi connectivity index (χ0v) is 15.6. The Labute approximate surface area is 148 Å². The number of carbonyl (C=O) groups is 2. The average molecular weight is 347 g/mol. The molecule has 0 unspecified atom stereocenters. The van der Waals surface area contributed by atoms with Crippen molar-refractivity contribution in [2.24, 2.45) is 0 Å². The van der Waals surface area contributed by atoms with E-state index in [1.165, 1.54) is 0 Å². The third-order valence-corrected chi connectivity index (χ3v) is 4.36. The third kappa shape index (κ3) is 3.26. The Morgan fingerprint density at radius 3 is 2.44 bits per heavy atom. The molecule has 1 N–H and O–H groups in total. The molecule has 0 bridgehead atoms. The fraction of sp³-hybridized carbons (Fsp3) is 0.474. The molecule has 1 aromatic carbocycles. The summed E-state index contributed by atoms with van der Waals surface area (Å²) >= 11 is 0. The van der Waals surface area contributed by atoms with E-state index in [9.17, 15) is 14.8 Å². The first-order valence-electron chi connectivity index (χ1n) is 8.38. The van der Waals surface area contributed by atoms with Gasteiger partial charge in [0.2, 0.25) is 0 Å². The molecule has 0 saturated heterocycles. The summed E-state index contributed by atoms with van der Waals surface area (Å²) in [4.78, 5) is 24.6. The summed E-state index contributed by atoms with van der Waals surface area (Å²) < 4.78 is 10.2. The van der Waals surface area contributed by atoms with E-state index in [4.69, 9.17) is 9.47 Å². The Hall–Kier alpha value is -2.34. The monoisotopic (exact) mass is 347 g/mol. The van der Waals surface area contributed by atoms with Gasteiger partial charge >= 0.3 is 6.16 Å². The number of nitrogens with zero attached hydrogens (tertiary/aromatic N) is 1. The van der Waals surface area contributed by atoms with E-state index in [-0.39, 0.29) is 17.9 Å². The lowest BCUT2D eigenvalue weighted by Crippen LogP contribution is -2.41. The maximum absolute atomic E-state index is 12.8. The molecule has 136 valence electrons. The van der Waals surface area contributed by atoms with Gasteiger partial charge < -0.3 is 9.47 Å². The molecule has 1 aliphatic rings. The standard InChI is InChI=1S/C19H25NO5/c1-7-13-10-11(3)9-12(4)14(13)15-16(25-18(22)24-8-2)19(5,6)20(23)17(15)21/h9-10,23H,7-8H2,1-6H3. The summed E-state index contributed by atoms with van der Waals surface area (Å²) in [5.41, 5.74) is 2.64. The zero-order valence-electron chi connectivity index (χ0n) is 15.6. The van der Waals surface area contributed by atoms with Crippen LogP contribution in [0.2, 0.25) is 0 Å². The molecule has 0 aromatic heterocycles. The largest absolute Gasteiger partial charge is 0.513 e. The molecule has 1 aliphatic heterocycles. The molecule has 6 heteroatoms. The van der Waals surface area contributed by atoms with Gasteiger partial charge in [-0.05, 0) is 57.7 Å².